The van der Waals surface area contributed by atoms with Crippen molar-refractivity contribution in [2.24, 2.45) is 0 Å². The van der Waals surface area contributed by atoms with Crippen LogP contribution in [0.25, 0.3) is 11.3 Å². The van der Waals surface area contributed by atoms with Crippen molar-refractivity contribution in [3.63, 3.8) is 0 Å². The van der Waals surface area contributed by atoms with E-state index in [1.165, 1.54) is 0 Å². The first-order valence-electron chi connectivity index (χ1n) is 12.9. The number of aryl methyl sites for hydroxylation is 2. The molecule has 9 heteroatoms. The molecule has 1 unspecified atom stereocenters. The molecule has 4 aromatic rings. The molecule has 0 bridgehead atoms. The second-order valence-electron chi connectivity index (χ2n) is 9.79. The number of H-pyrrole nitrogens is 1. The first-order chi connectivity index (χ1) is 19.3. The summed E-state index contributed by atoms with van der Waals surface area (Å²) in [6.07, 6.45) is 0.624. The van der Waals surface area contributed by atoms with Gasteiger partial charge in [-0.05, 0) is 72.9 Å². The van der Waals surface area contributed by atoms with Crippen LogP contribution in [0.15, 0.2) is 48.5 Å². The Labute approximate surface area is 233 Å². The summed E-state index contributed by atoms with van der Waals surface area (Å²) in [7, 11) is 6.30. The third kappa shape index (κ3) is 4.57. The lowest BCUT2D eigenvalue weighted by Crippen LogP contribution is -2.31. The van der Waals surface area contributed by atoms with Crippen molar-refractivity contribution < 1.29 is 28.8 Å². The molecule has 0 saturated carbocycles. The molecule has 208 valence electrons. The molecule has 2 heterocycles. The predicted octanol–water partition coefficient (Wildman–Crippen LogP) is 5.22. The molecule has 1 aliphatic heterocycles. The van der Waals surface area contributed by atoms with Gasteiger partial charge in [-0.2, -0.15) is 5.10 Å². The third-order valence-corrected chi connectivity index (χ3v) is 7.36. The SMILES string of the molecule is COc1ccc(CCN2C(=O)c3[nH]nc(-c4c(C)cc(C)cc4O)c3C2c2cc(OC)c(OC)c(OC)c2)cc1. The molecule has 1 amide bonds. The molecule has 0 saturated heterocycles. The summed E-state index contributed by atoms with van der Waals surface area (Å²) in [5.41, 5.74) is 5.83. The molecule has 5 rings (SSSR count). The van der Waals surface area contributed by atoms with Gasteiger partial charge in [-0.15, -0.1) is 0 Å². The highest BCUT2D eigenvalue weighted by Crippen LogP contribution is 2.48. The number of benzene rings is 3. The number of hydrogen-bond acceptors (Lipinski definition) is 7. The second-order valence-corrected chi connectivity index (χ2v) is 9.79. The minimum Gasteiger partial charge on any atom is -0.507 e. The Morgan fingerprint density at radius 1 is 0.925 bits per heavy atom. The fourth-order valence-corrected chi connectivity index (χ4v) is 5.52. The van der Waals surface area contributed by atoms with Crippen molar-refractivity contribution in [2.45, 2.75) is 26.3 Å². The Balaban J connectivity index is 1.66. The maximum absolute atomic E-state index is 13.9. The van der Waals surface area contributed by atoms with E-state index in [0.29, 0.717) is 52.7 Å². The summed E-state index contributed by atoms with van der Waals surface area (Å²) < 4.78 is 22.1. The van der Waals surface area contributed by atoms with Gasteiger partial charge < -0.3 is 29.0 Å². The Bertz CT molecular complexity index is 1510. The van der Waals surface area contributed by atoms with Crippen LogP contribution in [0.1, 0.15) is 44.3 Å². The quantitative estimate of drug-likeness (QED) is 0.298. The number of methoxy groups -OCH3 is 4. The normalized spacial score (nSPS) is 14.3. The zero-order chi connectivity index (χ0) is 28.6. The summed E-state index contributed by atoms with van der Waals surface area (Å²) >= 11 is 0. The average Bonchev–Trinajstić information content (AvgIpc) is 3.49. The Morgan fingerprint density at radius 2 is 1.60 bits per heavy atom. The topological polar surface area (TPSA) is 106 Å². The van der Waals surface area contributed by atoms with Crippen molar-refractivity contribution in [3.05, 3.63) is 82.0 Å². The molecule has 1 aromatic heterocycles. The second kappa shape index (κ2) is 10.8. The van der Waals surface area contributed by atoms with Crippen LogP contribution in [0.3, 0.4) is 0 Å². The van der Waals surface area contributed by atoms with Crippen molar-refractivity contribution in [1.29, 1.82) is 0 Å². The van der Waals surface area contributed by atoms with Crippen LogP contribution in [-0.4, -0.2) is 61.1 Å². The zero-order valence-corrected chi connectivity index (χ0v) is 23.5. The summed E-state index contributed by atoms with van der Waals surface area (Å²) in [6, 6.07) is 14.7. The largest absolute Gasteiger partial charge is 0.507 e. The van der Waals surface area contributed by atoms with E-state index in [4.69, 9.17) is 18.9 Å². The number of phenolic OH excluding ortho intramolecular Hbond substituents is 1. The maximum Gasteiger partial charge on any atom is 0.273 e. The van der Waals surface area contributed by atoms with E-state index in [9.17, 15) is 9.90 Å². The van der Waals surface area contributed by atoms with E-state index in [-0.39, 0.29) is 11.7 Å². The van der Waals surface area contributed by atoms with Crippen LogP contribution in [-0.2, 0) is 6.42 Å². The summed E-state index contributed by atoms with van der Waals surface area (Å²) in [4.78, 5) is 15.7. The molecule has 1 atom stereocenters. The van der Waals surface area contributed by atoms with Crippen LogP contribution in [0.5, 0.6) is 28.7 Å². The lowest BCUT2D eigenvalue weighted by atomic mass is 9.92. The average molecular weight is 544 g/mol. The first kappa shape index (κ1) is 26.9. The van der Waals surface area contributed by atoms with Crippen LogP contribution < -0.4 is 18.9 Å². The molecule has 9 nitrogen and oxygen atoms in total. The first-order valence-corrected chi connectivity index (χ1v) is 12.9. The van der Waals surface area contributed by atoms with Crippen molar-refractivity contribution in [2.75, 3.05) is 35.0 Å². The van der Waals surface area contributed by atoms with Gasteiger partial charge in [0.15, 0.2) is 11.5 Å². The minimum absolute atomic E-state index is 0.111. The number of carbonyl (C=O) groups is 1. The molecular formula is C31H33N3O6. The van der Waals surface area contributed by atoms with E-state index in [2.05, 4.69) is 10.2 Å². The summed E-state index contributed by atoms with van der Waals surface area (Å²) in [6.45, 7) is 4.29. The molecule has 0 aliphatic carbocycles. The van der Waals surface area contributed by atoms with Crippen molar-refractivity contribution in [1.82, 2.24) is 15.1 Å². The molecule has 0 spiro atoms. The van der Waals surface area contributed by atoms with E-state index in [1.54, 1.807) is 34.5 Å². The lowest BCUT2D eigenvalue weighted by molar-refractivity contribution is 0.0745. The van der Waals surface area contributed by atoms with Crippen LogP contribution in [0.2, 0.25) is 0 Å². The number of aromatic nitrogens is 2. The number of aromatic hydroxyl groups is 1. The minimum atomic E-state index is -0.525. The monoisotopic (exact) mass is 543 g/mol. The van der Waals surface area contributed by atoms with Gasteiger partial charge in [0, 0.05) is 17.7 Å². The van der Waals surface area contributed by atoms with E-state index >= 15 is 0 Å². The highest BCUT2D eigenvalue weighted by Gasteiger charge is 2.43. The molecule has 3 aromatic carbocycles. The Morgan fingerprint density at radius 3 is 2.17 bits per heavy atom. The molecule has 40 heavy (non-hydrogen) atoms. The Kier molecular flexibility index (Phi) is 7.30. The maximum atomic E-state index is 13.9. The van der Waals surface area contributed by atoms with E-state index in [1.807, 2.05) is 61.2 Å². The standard InChI is InChI=1S/C31H33N3O6/c1-17-13-18(2)25(22(35)14-17)27-26-28(33-32-27)31(36)34(12-11-19-7-9-21(37-3)10-8-19)29(26)20-15-23(38-4)30(40-6)24(16-20)39-5/h7-10,13-16,29,35H,11-12H2,1-6H3,(H,32,33). The number of carbonyl (C=O) groups excluding carboxylic acids is 1. The number of rotatable bonds is 9. The van der Waals surface area contributed by atoms with Gasteiger partial charge in [0.1, 0.15) is 22.9 Å². The molecule has 1 aliphatic rings. The predicted molar refractivity (Wildman–Crippen MR) is 151 cm³/mol. The van der Waals surface area contributed by atoms with Gasteiger partial charge in [-0.3, -0.25) is 9.89 Å². The van der Waals surface area contributed by atoms with Gasteiger partial charge in [0.05, 0.1) is 34.5 Å². The summed E-state index contributed by atoms with van der Waals surface area (Å²) in [5, 5.41) is 18.5. The number of aromatic amines is 1. The van der Waals surface area contributed by atoms with E-state index < -0.39 is 6.04 Å². The van der Waals surface area contributed by atoms with Gasteiger partial charge in [-0.25, -0.2) is 0 Å². The smallest absolute Gasteiger partial charge is 0.273 e. The molecule has 0 radical (unpaired) electrons. The number of ether oxygens (including phenoxy) is 4. The molecule has 0 fully saturated rings. The van der Waals surface area contributed by atoms with Gasteiger partial charge in [0.25, 0.3) is 5.91 Å². The lowest BCUT2D eigenvalue weighted by Gasteiger charge is -2.28. The molecular weight excluding hydrogens is 510 g/mol. The summed E-state index contributed by atoms with van der Waals surface area (Å²) in [5.74, 6) is 2.13. The Hall–Kier alpha value is -4.66. The number of phenols is 1. The number of hydrogen-bond donors (Lipinski definition) is 2. The van der Waals surface area contributed by atoms with Crippen LogP contribution in [0.4, 0.5) is 0 Å². The van der Waals surface area contributed by atoms with Crippen LogP contribution in [0, 0.1) is 13.8 Å². The molecule has 2 N–H and O–H groups in total. The van der Waals surface area contributed by atoms with E-state index in [0.717, 1.165) is 28.0 Å². The highest BCUT2D eigenvalue weighted by molar-refractivity contribution is 6.00. The fourth-order valence-electron chi connectivity index (χ4n) is 5.52. The van der Waals surface area contributed by atoms with Gasteiger partial charge in [0.2, 0.25) is 5.75 Å². The highest BCUT2D eigenvalue weighted by atomic mass is 16.5. The number of nitrogens with one attached hydrogen (secondary N) is 1. The van der Waals surface area contributed by atoms with Crippen molar-refractivity contribution >= 4 is 5.91 Å². The third-order valence-electron chi connectivity index (χ3n) is 7.36. The van der Waals surface area contributed by atoms with Gasteiger partial charge >= 0.3 is 0 Å². The number of nitrogens with zero attached hydrogens (tertiary/aromatic N) is 2. The number of fused-ring (bicyclic) bond motifs is 1. The van der Waals surface area contributed by atoms with Crippen molar-refractivity contribution in [3.8, 4) is 40.0 Å². The van der Waals surface area contributed by atoms with Crippen LogP contribution >= 0.6 is 0 Å². The fraction of sp³-hybridized carbons (Fsp3) is 0.290. The van der Waals surface area contributed by atoms with Gasteiger partial charge in [-0.1, -0.05) is 18.2 Å². The number of amides is 1. The zero-order valence-electron chi connectivity index (χ0n) is 23.5.